The standard InChI is InChI=1S/C20H20N2O2/c1-3-9-21-10-8-14-4-6-16(11-19(14)21)22-13-15-5-7-17(24-2)12-18(15)20(22)23/h4-8,10-13,23H,3,9H2,1-2H3. The molecule has 1 N–H and O–H groups in total. The molecule has 2 aromatic heterocycles. The second-order valence-corrected chi connectivity index (χ2v) is 6.03. The molecule has 0 aliphatic carbocycles. The van der Waals surface area contributed by atoms with Gasteiger partial charge in [0, 0.05) is 29.7 Å². The van der Waals surface area contributed by atoms with Crippen molar-refractivity contribution in [1.29, 1.82) is 0 Å². The first-order valence-corrected chi connectivity index (χ1v) is 8.18. The molecule has 4 heteroatoms. The molecule has 2 heterocycles. The summed E-state index contributed by atoms with van der Waals surface area (Å²) in [6.45, 7) is 3.16. The highest BCUT2D eigenvalue weighted by Gasteiger charge is 2.12. The normalized spacial score (nSPS) is 11.4. The van der Waals surface area contributed by atoms with E-state index in [0.717, 1.165) is 35.2 Å². The molecular formula is C20H20N2O2. The second-order valence-electron chi connectivity index (χ2n) is 6.03. The summed E-state index contributed by atoms with van der Waals surface area (Å²) in [5.41, 5.74) is 2.13. The molecule has 0 fully saturated rings. The number of methoxy groups -OCH3 is 1. The van der Waals surface area contributed by atoms with Crippen LogP contribution in [-0.4, -0.2) is 21.4 Å². The van der Waals surface area contributed by atoms with Gasteiger partial charge in [0.2, 0.25) is 5.88 Å². The SMILES string of the molecule is CCCn1ccc2ccc(-n3cc4ccc(OC)cc4c3O)cc21. The zero-order valence-corrected chi connectivity index (χ0v) is 13.9. The molecule has 4 nitrogen and oxygen atoms in total. The number of hydrogen-bond donors (Lipinski definition) is 1. The predicted octanol–water partition coefficient (Wildman–Crippen LogP) is 4.71. The molecule has 2 aromatic carbocycles. The van der Waals surface area contributed by atoms with Gasteiger partial charge < -0.3 is 14.4 Å². The summed E-state index contributed by atoms with van der Waals surface area (Å²) in [5, 5.41) is 13.6. The molecule has 0 amide bonds. The summed E-state index contributed by atoms with van der Waals surface area (Å²) < 4.78 is 9.34. The Labute approximate surface area is 140 Å². The molecule has 122 valence electrons. The van der Waals surface area contributed by atoms with E-state index in [0.29, 0.717) is 0 Å². The molecule has 0 unspecified atom stereocenters. The minimum absolute atomic E-state index is 0.233. The lowest BCUT2D eigenvalue weighted by Crippen LogP contribution is -1.96. The van der Waals surface area contributed by atoms with Crippen molar-refractivity contribution in [2.75, 3.05) is 7.11 Å². The van der Waals surface area contributed by atoms with Crippen LogP contribution in [0.1, 0.15) is 13.3 Å². The van der Waals surface area contributed by atoms with E-state index >= 15 is 0 Å². The molecular weight excluding hydrogens is 300 g/mol. The van der Waals surface area contributed by atoms with Gasteiger partial charge in [-0.05, 0) is 48.2 Å². The van der Waals surface area contributed by atoms with E-state index in [4.69, 9.17) is 4.74 Å². The highest BCUT2D eigenvalue weighted by Crippen LogP contribution is 2.33. The fourth-order valence-electron chi connectivity index (χ4n) is 3.25. The summed E-state index contributed by atoms with van der Waals surface area (Å²) >= 11 is 0. The summed E-state index contributed by atoms with van der Waals surface area (Å²) in [5.74, 6) is 0.972. The van der Waals surface area contributed by atoms with Crippen molar-refractivity contribution in [1.82, 2.24) is 9.13 Å². The van der Waals surface area contributed by atoms with E-state index in [9.17, 15) is 5.11 Å². The topological polar surface area (TPSA) is 39.3 Å². The fraction of sp³-hybridized carbons (Fsp3) is 0.200. The lowest BCUT2D eigenvalue weighted by molar-refractivity contribution is 0.414. The van der Waals surface area contributed by atoms with Crippen molar-refractivity contribution in [3.8, 4) is 17.3 Å². The van der Waals surface area contributed by atoms with Crippen LogP contribution in [0.2, 0.25) is 0 Å². The first-order valence-electron chi connectivity index (χ1n) is 8.18. The van der Waals surface area contributed by atoms with Crippen molar-refractivity contribution >= 4 is 21.7 Å². The van der Waals surface area contributed by atoms with Gasteiger partial charge in [0.1, 0.15) is 5.75 Å². The van der Waals surface area contributed by atoms with Crippen molar-refractivity contribution in [2.45, 2.75) is 19.9 Å². The van der Waals surface area contributed by atoms with E-state index in [1.54, 1.807) is 7.11 Å². The minimum Gasteiger partial charge on any atom is -0.497 e. The van der Waals surface area contributed by atoms with Crippen LogP contribution in [0.3, 0.4) is 0 Å². The monoisotopic (exact) mass is 320 g/mol. The molecule has 4 aromatic rings. The van der Waals surface area contributed by atoms with Crippen LogP contribution >= 0.6 is 0 Å². The van der Waals surface area contributed by atoms with E-state index < -0.39 is 0 Å². The van der Waals surface area contributed by atoms with Crippen LogP contribution in [0, 0.1) is 0 Å². The van der Waals surface area contributed by atoms with Crippen molar-refractivity contribution in [2.24, 2.45) is 0 Å². The highest BCUT2D eigenvalue weighted by atomic mass is 16.5. The smallest absolute Gasteiger partial charge is 0.203 e. The third-order valence-corrected chi connectivity index (χ3v) is 4.50. The second kappa shape index (κ2) is 5.64. The van der Waals surface area contributed by atoms with Crippen LogP contribution in [-0.2, 0) is 6.54 Å². The van der Waals surface area contributed by atoms with E-state index in [1.165, 1.54) is 10.9 Å². The maximum atomic E-state index is 10.7. The quantitative estimate of drug-likeness (QED) is 0.591. The summed E-state index contributed by atoms with van der Waals surface area (Å²) in [4.78, 5) is 0. The number of fused-ring (bicyclic) bond motifs is 2. The third-order valence-electron chi connectivity index (χ3n) is 4.50. The van der Waals surface area contributed by atoms with Crippen LogP contribution < -0.4 is 4.74 Å². The average Bonchev–Trinajstić information content (AvgIpc) is 3.16. The maximum absolute atomic E-state index is 10.7. The van der Waals surface area contributed by atoms with Crippen molar-refractivity contribution in [3.63, 3.8) is 0 Å². The average molecular weight is 320 g/mol. The summed E-state index contributed by atoms with van der Waals surface area (Å²) in [6.07, 6.45) is 5.17. The van der Waals surface area contributed by atoms with Crippen LogP contribution in [0.5, 0.6) is 11.6 Å². The molecule has 0 radical (unpaired) electrons. The molecule has 0 aliphatic rings. The van der Waals surface area contributed by atoms with Gasteiger partial charge in [0.15, 0.2) is 0 Å². The highest BCUT2D eigenvalue weighted by molar-refractivity contribution is 5.90. The van der Waals surface area contributed by atoms with Gasteiger partial charge in [-0.3, -0.25) is 4.57 Å². The molecule has 0 saturated carbocycles. The van der Waals surface area contributed by atoms with Gasteiger partial charge >= 0.3 is 0 Å². The Hall–Kier alpha value is -2.88. The van der Waals surface area contributed by atoms with Crippen molar-refractivity contribution < 1.29 is 9.84 Å². The predicted molar refractivity (Wildman–Crippen MR) is 97.3 cm³/mol. The largest absolute Gasteiger partial charge is 0.497 e. The van der Waals surface area contributed by atoms with Gasteiger partial charge in [-0.2, -0.15) is 0 Å². The Balaban J connectivity index is 1.88. The van der Waals surface area contributed by atoms with E-state index in [1.807, 2.05) is 35.0 Å². The molecule has 0 atom stereocenters. The number of benzene rings is 2. The number of rotatable bonds is 4. The Bertz CT molecular complexity index is 1030. The number of nitrogens with zero attached hydrogens (tertiary/aromatic N) is 2. The van der Waals surface area contributed by atoms with Crippen LogP contribution in [0.15, 0.2) is 54.9 Å². The first-order chi connectivity index (χ1) is 11.7. The molecule has 24 heavy (non-hydrogen) atoms. The zero-order valence-electron chi connectivity index (χ0n) is 13.9. The van der Waals surface area contributed by atoms with Gasteiger partial charge in [0.05, 0.1) is 18.3 Å². The maximum Gasteiger partial charge on any atom is 0.203 e. The number of aryl methyl sites for hydroxylation is 1. The molecule has 0 bridgehead atoms. The minimum atomic E-state index is 0.233. The molecule has 0 aliphatic heterocycles. The first kappa shape index (κ1) is 14.7. The van der Waals surface area contributed by atoms with E-state index in [2.05, 4.69) is 35.9 Å². The zero-order chi connectivity index (χ0) is 16.7. The Kier molecular flexibility index (Phi) is 3.45. The third kappa shape index (κ3) is 2.22. The van der Waals surface area contributed by atoms with E-state index in [-0.39, 0.29) is 5.88 Å². The summed E-state index contributed by atoms with van der Waals surface area (Å²) in [7, 11) is 1.63. The lowest BCUT2D eigenvalue weighted by atomic mass is 10.2. The number of hydrogen-bond acceptors (Lipinski definition) is 2. The Morgan fingerprint density at radius 2 is 1.88 bits per heavy atom. The molecule has 0 saturated heterocycles. The van der Waals surface area contributed by atoms with Gasteiger partial charge in [-0.15, -0.1) is 0 Å². The van der Waals surface area contributed by atoms with Crippen LogP contribution in [0.25, 0.3) is 27.4 Å². The van der Waals surface area contributed by atoms with Crippen LogP contribution in [0.4, 0.5) is 0 Å². The number of aromatic nitrogens is 2. The number of ether oxygens (including phenoxy) is 1. The molecule has 4 rings (SSSR count). The number of aromatic hydroxyl groups is 1. The van der Waals surface area contributed by atoms with Gasteiger partial charge in [-0.25, -0.2) is 0 Å². The van der Waals surface area contributed by atoms with Crippen molar-refractivity contribution in [3.05, 3.63) is 54.9 Å². The molecule has 0 spiro atoms. The Morgan fingerprint density at radius 1 is 1.04 bits per heavy atom. The summed E-state index contributed by atoms with van der Waals surface area (Å²) in [6, 6.07) is 14.1. The Morgan fingerprint density at radius 3 is 2.67 bits per heavy atom. The van der Waals surface area contributed by atoms with Gasteiger partial charge in [-0.1, -0.05) is 13.0 Å². The lowest BCUT2D eigenvalue weighted by Gasteiger charge is -2.08. The fourth-order valence-corrected chi connectivity index (χ4v) is 3.25. The van der Waals surface area contributed by atoms with Gasteiger partial charge in [0.25, 0.3) is 0 Å².